The van der Waals surface area contributed by atoms with Crippen LogP contribution in [0.15, 0.2) is 18.2 Å². The van der Waals surface area contributed by atoms with E-state index in [4.69, 9.17) is 0 Å². The summed E-state index contributed by atoms with van der Waals surface area (Å²) in [5, 5.41) is 13.8. The first kappa shape index (κ1) is 16.4. The fourth-order valence-electron chi connectivity index (χ4n) is 2.29. The van der Waals surface area contributed by atoms with Gasteiger partial charge in [0.1, 0.15) is 0 Å². The van der Waals surface area contributed by atoms with Crippen molar-refractivity contribution < 1.29 is 9.72 Å². The Kier molecular flexibility index (Phi) is 5.91. The highest BCUT2D eigenvalue weighted by molar-refractivity contribution is 5.95. The number of nitro groups is 1. The number of nitro benzene ring substituents is 1. The number of fused-ring (bicyclic) bond motifs is 1. The number of carbonyl (C=O) groups is 1. The van der Waals surface area contributed by atoms with Crippen molar-refractivity contribution >= 4 is 29.7 Å². The average molecular weight is 300 g/mol. The maximum atomic E-state index is 12.1. The van der Waals surface area contributed by atoms with Crippen molar-refractivity contribution in [2.45, 2.75) is 19.3 Å². The molecule has 1 aromatic rings. The third-order valence-electron chi connectivity index (χ3n) is 3.29. The fourth-order valence-corrected chi connectivity index (χ4v) is 2.29. The lowest BCUT2D eigenvalue weighted by Crippen LogP contribution is -2.29. The quantitative estimate of drug-likeness (QED) is 0.512. The lowest BCUT2D eigenvalue weighted by molar-refractivity contribution is -0.384. The second-order valence-corrected chi connectivity index (χ2v) is 4.57. The number of nitrogens with one attached hydrogen (secondary N) is 1. The Morgan fingerprint density at radius 2 is 2.25 bits per heavy atom. The minimum Gasteiger partial charge on any atom is -0.320 e. The van der Waals surface area contributed by atoms with Gasteiger partial charge in [-0.3, -0.25) is 14.9 Å². The topological polar surface area (TPSA) is 75.5 Å². The van der Waals surface area contributed by atoms with Gasteiger partial charge < -0.3 is 10.2 Å². The summed E-state index contributed by atoms with van der Waals surface area (Å²) in [6, 6.07) is 4.74. The Labute approximate surface area is 123 Å². The van der Waals surface area contributed by atoms with Crippen LogP contribution in [-0.2, 0) is 11.2 Å². The van der Waals surface area contributed by atoms with E-state index in [0.717, 1.165) is 24.9 Å². The Bertz CT molecular complexity index is 508. The van der Waals surface area contributed by atoms with Crippen LogP contribution in [0.25, 0.3) is 0 Å². The summed E-state index contributed by atoms with van der Waals surface area (Å²) in [7, 11) is 1.85. The van der Waals surface area contributed by atoms with E-state index in [0.29, 0.717) is 18.7 Å². The molecule has 0 fully saturated rings. The first-order chi connectivity index (χ1) is 9.13. The molecule has 1 aliphatic rings. The molecule has 1 amide bonds. The third kappa shape index (κ3) is 3.46. The number of non-ortho nitro benzene ring substituents is 1. The maximum Gasteiger partial charge on any atom is 0.271 e. The molecule has 0 aliphatic carbocycles. The van der Waals surface area contributed by atoms with Crippen LogP contribution in [0.1, 0.15) is 18.4 Å². The van der Waals surface area contributed by atoms with E-state index in [-0.39, 0.29) is 24.0 Å². The van der Waals surface area contributed by atoms with Gasteiger partial charge in [-0.25, -0.2) is 0 Å². The first-order valence-corrected chi connectivity index (χ1v) is 6.36. The molecule has 1 heterocycles. The summed E-state index contributed by atoms with van der Waals surface area (Å²) in [6.45, 7) is 1.41. The molecule has 1 aromatic carbocycles. The summed E-state index contributed by atoms with van der Waals surface area (Å²) in [4.78, 5) is 24.1. The second-order valence-electron chi connectivity index (χ2n) is 4.57. The van der Waals surface area contributed by atoms with Crippen molar-refractivity contribution in [2.75, 3.05) is 25.0 Å². The SMILES string of the molecule is CNCCCC(=O)N1CCc2ccc([N+](=O)[O-])cc21.Cl. The zero-order valence-electron chi connectivity index (χ0n) is 11.3. The number of halogens is 1. The molecule has 1 N–H and O–H groups in total. The predicted octanol–water partition coefficient (Wildman–Crippen LogP) is 1.91. The number of nitrogens with zero attached hydrogens (tertiary/aromatic N) is 2. The number of amides is 1. The molecular weight excluding hydrogens is 282 g/mol. The predicted molar refractivity (Wildman–Crippen MR) is 79.6 cm³/mol. The largest absolute Gasteiger partial charge is 0.320 e. The minimum atomic E-state index is -0.428. The highest BCUT2D eigenvalue weighted by atomic mass is 35.5. The van der Waals surface area contributed by atoms with E-state index in [1.165, 1.54) is 12.1 Å². The number of anilines is 1. The number of rotatable bonds is 5. The van der Waals surface area contributed by atoms with Crippen LogP contribution in [-0.4, -0.2) is 31.0 Å². The summed E-state index contributed by atoms with van der Waals surface area (Å²) in [6.07, 6.45) is 2.00. The molecule has 2 rings (SSSR count). The number of hydrogen-bond acceptors (Lipinski definition) is 4. The molecule has 0 radical (unpaired) electrons. The second kappa shape index (κ2) is 7.21. The molecule has 0 saturated heterocycles. The van der Waals surface area contributed by atoms with Gasteiger partial charge in [0.05, 0.1) is 10.6 Å². The normalized spacial score (nSPS) is 12.8. The molecule has 0 saturated carbocycles. The standard InChI is InChI=1S/C13H17N3O3.ClH/c1-14-7-2-3-13(17)15-8-6-10-4-5-11(16(18)19)9-12(10)15;/h4-5,9,14H,2-3,6-8H2,1H3;1H. The number of benzene rings is 1. The van der Waals surface area contributed by atoms with Gasteiger partial charge in [0, 0.05) is 25.1 Å². The van der Waals surface area contributed by atoms with E-state index in [1.807, 2.05) is 7.05 Å². The lowest BCUT2D eigenvalue weighted by atomic mass is 10.1. The molecule has 6 nitrogen and oxygen atoms in total. The van der Waals surface area contributed by atoms with Crippen LogP contribution < -0.4 is 10.2 Å². The van der Waals surface area contributed by atoms with E-state index < -0.39 is 4.92 Å². The van der Waals surface area contributed by atoms with E-state index in [2.05, 4.69) is 5.32 Å². The Hall–Kier alpha value is -1.66. The maximum absolute atomic E-state index is 12.1. The van der Waals surface area contributed by atoms with Crippen molar-refractivity contribution in [3.8, 4) is 0 Å². The number of hydrogen-bond donors (Lipinski definition) is 1. The summed E-state index contributed by atoms with van der Waals surface area (Å²) >= 11 is 0. The van der Waals surface area contributed by atoms with Crippen LogP contribution in [0.2, 0.25) is 0 Å². The molecule has 0 spiro atoms. The Balaban J connectivity index is 0.00000200. The fraction of sp³-hybridized carbons (Fsp3) is 0.462. The van der Waals surface area contributed by atoms with E-state index in [9.17, 15) is 14.9 Å². The van der Waals surface area contributed by atoms with Crippen LogP contribution >= 0.6 is 12.4 Å². The molecule has 20 heavy (non-hydrogen) atoms. The van der Waals surface area contributed by atoms with E-state index in [1.54, 1.807) is 11.0 Å². The van der Waals surface area contributed by atoms with Gasteiger partial charge in [-0.2, -0.15) is 0 Å². The van der Waals surface area contributed by atoms with Gasteiger partial charge in [-0.15, -0.1) is 12.4 Å². The smallest absolute Gasteiger partial charge is 0.271 e. The molecule has 0 unspecified atom stereocenters. The highest BCUT2D eigenvalue weighted by Crippen LogP contribution is 2.32. The number of carbonyl (C=O) groups excluding carboxylic acids is 1. The van der Waals surface area contributed by atoms with Crippen molar-refractivity contribution in [3.05, 3.63) is 33.9 Å². The lowest BCUT2D eigenvalue weighted by Gasteiger charge is -2.17. The highest BCUT2D eigenvalue weighted by Gasteiger charge is 2.26. The zero-order valence-corrected chi connectivity index (χ0v) is 12.1. The molecule has 7 heteroatoms. The van der Waals surface area contributed by atoms with Gasteiger partial charge >= 0.3 is 0 Å². The van der Waals surface area contributed by atoms with E-state index >= 15 is 0 Å². The van der Waals surface area contributed by atoms with Crippen molar-refractivity contribution in [1.82, 2.24) is 5.32 Å². The van der Waals surface area contributed by atoms with Gasteiger partial charge in [-0.1, -0.05) is 6.07 Å². The average Bonchev–Trinajstić information content (AvgIpc) is 2.81. The summed E-state index contributed by atoms with van der Waals surface area (Å²) in [5.74, 6) is 0.0366. The van der Waals surface area contributed by atoms with Gasteiger partial charge in [0.15, 0.2) is 0 Å². The minimum absolute atomic E-state index is 0. The summed E-state index contributed by atoms with van der Waals surface area (Å²) in [5.41, 5.74) is 1.74. The zero-order chi connectivity index (χ0) is 13.8. The molecule has 0 bridgehead atoms. The van der Waals surface area contributed by atoms with Gasteiger partial charge in [0.2, 0.25) is 5.91 Å². The van der Waals surface area contributed by atoms with Crippen molar-refractivity contribution in [3.63, 3.8) is 0 Å². The van der Waals surface area contributed by atoms with Crippen molar-refractivity contribution in [2.24, 2.45) is 0 Å². The molecule has 110 valence electrons. The van der Waals surface area contributed by atoms with Crippen LogP contribution in [0.3, 0.4) is 0 Å². The Morgan fingerprint density at radius 3 is 2.90 bits per heavy atom. The van der Waals surface area contributed by atoms with Crippen LogP contribution in [0.5, 0.6) is 0 Å². The third-order valence-corrected chi connectivity index (χ3v) is 3.29. The Morgan fingerprint density at radius 1 is 1.50 bits per heavy atom. The van der Waals surface area contributed by atoms with Crippen LogP contribution in [0, 0.1) is 10.1 Å². The molecule has 0 atom stereocenters. The first-order valence-electron chi connectivity index (χ1n) is 6.36. The van der Waals surface area contributed by atoms with Crippen molar-refractivity contribution in [1.29, 1.82) is 0 Å². The molecule has 0 aromatic heterocycles. The monoisotopic (exact) mass is 299 g/mol. The van der Waals surface area contributed by atoms with Gasteiger partial charge in [-0.05, 0) is 32.0 Å². The summed E-state index contributed by atoms with van der Waals surface area (Å²) < 4.78 is 0. The molecular formula is C13H18ClN3O3. The van der Waals surface area contributed by atoms with Gasteiger partial charge in [0.25, 0.3) is 5.69 Å². The van der Waals surface area contributed by atoms with Crippen LogP contribution in [0.4, 0.5) is 11.4 Å². The molecule has 1 aliphatic heterocycles.